The van der Waals surface area contributed by atoms with Crippen LogP contribution in [-0.2, 0) is 4.74 Å². The molecule has 0 unspecified atom stereocenters. The van der Waals surface area contributed by atoms with Crippen LogP contribution in [0.4, 0.5) is 4.79 Å². The maximum absolute atomic E-state index is 12.7. The molecule has 1 saturated heterocycles. The number of amides is 1. The summed E-state index contributed by atoms with van der Waals surface area (Å²) in [5.41, 5.74) is 0.508. The molecule has 2 fully saturated rings. The van der Waals surface area contributed by atoms with Crippen molar-refractivity contribution in [1.29, 1.82) is 0 Å². The van der Waals surface area contributed by atoms with Gasteiger partial charge >= 0.3 is 6.09 Å². The first-order chi connectivity index (χ1) is 11.3. The van der Waals surface area contributed by atoms with Gasteiger partial charge in [-0.2, -0.15) is 0 Å². The third-order valence-corrected chi connectivity index (χ3v) is 5.53. The summed E-state index contributed by atoms with van der Waals surface area (Å²) in [5, 5.41) is 2.24. The van der Waals surface area contributed by atoms with Crippen molar-refractivity contribution in [1.82, 2.24) is 9.88 Å². The largest absolute Gasteiger partial charge is 0.444 e. The lowest BCUT2D eigenvalue weighted by molar-refractivity contribution is 0.0188. The van der Waals surface area contributed by atoms with Crippen LogP contribution < -0.4 is 0 Å². The zero-order chi connectivity index (χ0) is 17.1. The van der Waals surface area contributed by atoms with E-state index in [2.05, 4.69) is 27.0 Å². The van der Waals surface area contributed by atoms with E-state index >= 15 is 0 Å². The van der Waals surface area contributed by atoms with Gasteiger partial charge in [-0.25, -0.2) is 4.79 Å². The first-order valence-electron chi connectivity index (χ1n) is 8.38. The second-order valence-corrected chi connectivity index (χ2v) is 8.62. The van der Waals surface area contributed by atoms with Crippen LogP contribution >= 0.6 is 15.9 Å². The summed E-state index contributed by atoms with van der Waals surface area (Å²) in [7, 11) is 0. The van der Waals surface area contributed by atoms with Gasteiger partial charge in [0.15, 0.2) is 0 Å². The monoisotopic (exact) mass is 388 g/mol. The fourth-order valence-electron chi connectivity index (χ4n) is 3.75. The number of benzene rings is 1. The predicted octanol–water partition coefficient (Wildman–Crippen LogP) is 4.93. The van der Waals surface area contributed by atoms with Gasteiger partial charge in [-0.05, 0) is 56.5 Å². The van der Waals surface area contributed by atoms with E-state index < -0.39 is 5.60 Å². The van der Waals surface area contributed by atoms with Crippen LogP contribution in [0.5, 0.6) is 0 Å². The second kappa shape index (κ2) is 5.45. The summed E-state index contributed by atoms with van der Waals surface area (Å²) in [5.74, 6) is 1.10. The van der Waals surface area contributed by atoms with Crippen molar-refractivity contribution >= 4 is 32.8 Å². The number of carbonyl (C=O) groups is 1. The number of rotatable bonds is 1. The first kappa shape index (κ1) is 15.9. The molecule has 4 rings (SSSR count). The molecule has 1 aliphatic heterocycles. The Kier molecular flexibility index (Phi) is 3.60. The van der Waals surface area contributed by atoms with Crippen LogP contribution in [-0.4, -0.2) is 28.1 Å². The van der Waals surface area contributed by atoms with Gasteiger partial charge in [0.1, 0.15) is 5.60 Å². The van der Waals surface area contributed by atoms with Crippen molar-refractivity contribution in [3.05, 3.63) is 40.6 Å². The van der Waals surface area contributed by atoms with Gasteiger partial charge < -0.3 is 4.74 Å². The number of ether oxygens (including phenoxy) is 1. The lowest BCUT2D eigenvalue weighted by Gasteiger charge is -2.30. The molecule has 1 aromatic heterocycles. The minimum Gasteiger partial charge on any atom is -0.444 e. The molecule has 126 valence electrons. The molecule has 3 atom stereocenters. The van der Waals surface area contributed by atoms with Crippen LogP contribution in [0.25, 0.3) is 10.8 Å². The number of fused-ring (bicyclic) bond motifs is 2. The molecule has 2 aromatic rings. The number of hydrogen-bond acceptors (Lipinski definition) is 3. The minimum atomic E-state index is -0.483. The summed E-state index contributed by atoms with van der Waals surface area (Å²) in [6.07, 6.45) is 2.79. The Balaban J connectivity index is 1.75. The number of carbonyl (C=O) groups excluding carboxylic acids is 1. The summed E-state index contributed by atoms with van der Waals surface area (Å²) in [6.45, 7) is 6.49. The van der Waals surface area contributed by atoms with Crippen LogP contribution in [0.15, 0.2) is 34.9 Å². The van der Waals surface area contributed by atoms with E-state index in [1.165, 1.54) is 6.42 Å². The Morgan fingerprint density at radius 1 is 1.29 bits per heavy atom. The number of aromatic nitrogens is 1. The number of piperidine rings is 1. The Hall–Kier alpha value is -1.62. The van der Waals surface area contributed by atoms with Gasteiger partial charge in [0.2, 0.25) is 0 Å². The second-order valence-electron chi connectivity index (χ2n) is 7.77. The molecule has 2 heterocycles. The number of likely N-dealkylation sites (tertiary alicyclic amines) is 1. The van der Waals surface area contributed by atoms with Crippen molar-refractivity contribution in [2.24, 2.45) is 11.8 Å². The number of hydrogen-bond donors (Lipinski definition) is 0. The van der Waals surface area contributed by atoms with Crippen molar-refractivity contribution in [3.8, 4) is 0 Å². The zero-order valence-corrected chi connectivity index (χ0v) is 15.7. The van der Waals surface area contributed by atoms with E-state index in [-0.39, 0.29) is 12.1 Å². The molecule has 2 aliphatic rings. The predicted molar refractivity (Wildman–Crippen MR) is 96.7 cm³/mol. The molecule has 4 nitrogen and oxygen atoms in total. The highest BCUT2D eigenvalue weighted by molar-refractivity contribution is 9.10. The molecule has 0 spiro atoms. The molecular formula is C19H21BrN2O2. The standard InChI is InChI=1S/C19H21BrN2O2/c1-19(2,3)24-18(23)22-10-11-9-14(11)17(22)16-13-5-4-6-15(20)12(13)7-8-21-16/h4-8,11,14,17H,9-10H2,1-3H3/t11-,14-,17-/m0/s1. The van der Waals surface area contributed by atoms with Gasteiger partial charge in [-0.15, -0.1) is 0 Å². The average Bonchev–Trinajstić information content (AvgIpc) is 3.16. The van der Waals surface area contributed by atoms with Gasteiger partial charge in [-0.3, -0.25) is 9.88 Å². The van der Waals surface area contributed by atoms with Crippen molar-refractivity contribution in [2.45, 2.75) is 38.8 Å². The van der Waals surface area contributed by atoms with E-state index in [1.54, 1.807) is 0 Å². The van der Waals surface area contributed by atoms with Crippen LogP contribution in [0, 0.1) is 11.8 Å². The number of halogens is 1. The molecule has 1 amide bonds. The molecular weight excluding hydrogens is 368 g/mol. The van der Waals surface area contributed by atoms with Crippen LogP contribution in [0.3, 0.4) is 0 Å². The summed E-state index contributed by atoms with van der Waals surface area (Å²) >= 11 is 3.62. The lowest BCUT2D eigenvalue weighted by Crippen LogP contribution is -2.38. The smallest absolute Gasteiger partial charge is 0.410 e. The summed E-state index contributed by atoms with van der Waals surface area (Å²) in [4.78, 5) is 19.2. The molecule has 1 saturated carbocycles. The highest BCUT2D eigenvalue weighted by atomic mass is 79.9. The van der Waals surface area contributed by atoms with Crippen molar-refractivity contribution in [3.63, 3.8) is 0 Å². The number of nitrogens with zero attached hydrogens (tertiary/aromatic N) is 2. The van der Waals surface area contributed by atoms with Crippen molar-refractivity contribution < 1.29 is 9.53 Å². The fourth-order valence-corrected chi connectivity index (χ4v) is 4.25. The van der Waals surface area contributed by atoms with Crippen LogP contribution in [0.2, 0.25) is 0 Å². The van der Waals surface area contributed by atoms with Gasteiger partial charge in [0.25, 0.3) is 0 Å². The van der Waals surface area contributed by atoms with E-state index in [4.69, 9.17) is 4.74 Å². The minimum absolute atomic E-state index is 0.0165. The zero-order valence-electron chi connectivity index (χ0n) is 14.1. The fraction of sp³-hybridized carbons (Fsp3) is 0.474. The van der Waals surface area contributed by atoms with Gasteiger partial charge in [0, 0.05) is 22.6 Å². The Morgan fingerprint density at radius 3 is 2.83 bits per heavy atom. The topological polar surface area (TPSA) is 42.4 Å². The maximum atomic E-state index is 12.7. The van der Waals surface area contributed by atoms with E-state index in [9.17, 15) is 4.79 Å². The third-order valence-electron chi connectivity index (χ3n) is 4.84. The summed E-state index contributed by atoms with van der Waals surface area (Å²) in [6, 6.07) is 8.18. The Bertz CT molecular complexity index is 815. The molecule has 0 radical (unpaired) electrons. The van der Waals surface area contributed by atoms with Gasteiger partial charge in [-0.1, -0.05) is 28.1 Å². The molecule has 0 bridgehead atoms. The highest BCUT2D eigenvalue weighted by Gasteiger charge is 2.56. The molecule has 1 aliphatic carbocycles. The Morgan fingerprint density at radius 2 is 2.08 bits per heavy atom. The Labute approximate surface area is 150 Å². The quantitative estimate of drug-likeness (QED) is 0.695. The highest BCUT2D eigenvalue weighted by Crippen LogP contribution is 2.57. The molecule has 0 N–H and O–H groups in total. The van der Waals surface area contributed by atoms with E-state index in [0.717, 1.165) is 27.5 Å². The normalized spacial score (nSPS) is 25.7. The molecule has 1 aromatic carbocycles. The number of pyridine rings is 1. The van der Waals surface area contributed by atoms with Crippen molar-refractivity contribution in [2.75, 3.05) is 6.54 Å². The SMILES string of the molecule is CC(C)(C)OC(=O)N1C[C@@H]2C[C@@H]2[C@H]1c1nccc2c(Br)cccc12. The third kappa shape index (κ3) is 2.69. The molecule has 24 heavy (non-hydrogen) atoms. The lowest BCUT2D eigenvalue weighted by atomic mass is 10.0. The average molecular weight is 389 g/mol. The molecule has 5 heteroatoms. The van der Waals surface area contributed by atoms with E-state index in [1.807, 2.05) is 50.1 Å². The van der Waals surface area contributed by atoms with E-state index in [0.29, 0.717) is 11.8 Å². The maximum Gasteiger partial charge on any atom is 0.410 e. The summed E-state index contributed by atoms with van der Waals surface area (Å²) < 4.78 is 6.68. The van der Waals surface area contributed by atoms with Crippen LogP contribution in [0.1, 0.15) is 38.9 Å². The van der Waals surface area contributed by atoms with Gasteiger partial charge in [0.05, 0.1) is 11.7 Å². The first-order valence-corrected chi connectivity index (χ1v) is 9.17.